The first kappa shape index (κ1) is 23.7. The molecule has 35 heavy (non-hydrogen) atoms. The molecule has 2 aromatic carbocycles. The second kappa shape index (κ2) is 10.3. The van der Waals surface area contributed by atoms with E-state index in [-0.39, 0.29) is 11.9 Å². The van der Waals surface area contributed by atoms with Crippen LogP contribution >= 0.6 is 31.9 Å². The molecule has 1 atom stereocenters. The molecule has 0 saturated heterocycles. The lowest BCUT2D eigenvalue weighted by molar-refractivity contribution is 0.0927. The molecular weight excluding hydrogens is 576 g/mol. The number of ether oxygens (including phenoxy) is 1. The van der Waals surface area contributed by atoms with Gasteiger partial charge in [-0.15, -0.1) is 5.10 Å². The molecule has 1 N–H and O–H groups in total. The van der Waals surface area contributed by atoms with Crippen molar-refractivity contribution in [2.75, 3.05) is 6.61 Å². The second-order valence-corrected chi connectivity index (χ2v) is 9.89. The first-order valence-electron chi connectivity index (χ1n) is 11.4. The number of amides is 1. The molecule has 0 aliphatic carbocycles. The Morgan fingerprint density at radius 2 is 2.03 bits per heavy atom. The highest BCUT2D eigenvalue weighted by Gasteiger charge is 2.24. The largest absolute Gasteiger partial charge is 0.494 e. The van der Waals surface area contributed by atoms with E-state index in [9.17, 15) is 4.79 Å². The van der Waals surface area contributed by atoms with E-state index >= 15 is 0 Å². The van der Waals surface area contributed by atoms with Crippen LogP contribution in [0, 0.1) is 0 Å². The number of aromatic nitrogens is 5. The van der Waals surface area contributed by atoms with Crippen molar-refractivity contribution in [3.05, 3.63) is 80.9 Å². The third kappa shape index (κ3) is 5.33. The number of halogens is 2. The van der Waals surface area contributed by atoms with Crippen LogP contribution in [0.15, 0.2) is 63.9 Å². The highest BCUT2D eigenvalue weighted by Crippen LogP contribution is 2.28. The molecule has 5 rings (SSSR count). The summed E-state index contributed by atoms with van der Waals surface area (Å²) in [6.07, 6.45) is 3.60. The maximum atomic E-state index is 12.8. The Labute approximate surface area is 220 Å². The van der Waals surface area contributed by atoms with Crippen molar-refractivity contribution in [3.8, 4) is 17.0 Å². The Morgan fingerprint density at radius 1 is 1.20 bits per heavy atom. The standard InChI is InChI=1S/C25H24Br2N6O2/c1-2-35-20-5-3-4-18(12-20)21-15-32(31-30-21)13-16-6-8-17(9-7-16)25(34)28-19-10-11-22-29-23(26)24(27)33(22)14-19/h3-9,12,15,19H,2,10-11,13-14H2,1H3,(H,28,34). The van der Waals surface area contributed by atoms with E-state index in [4.69, 9.17) is 4.74 Å². The smallest absolute Gasteiger partial charge is 0.251 e. The number of nitrogens with zero attached hydrogens (tertiary/aromatic N) is 5. The van der Waals surface area contributed by atoms with Gasteiger partial charge in [0.2, 0.25) is 0 Å². The fourth-order valence-electron chi connectivity index (χ4n) is 4.19. The van der Waals surface area contributed by atoms with Gasteiger partial charge in [0.25, 0.3) is 5.91 Å². The van der Waals surface area contributed by atoms with Gasteiger partial charge in [-0.05, 0) is 75.0 Å². The summed E-state index contributed by atoms with van der Waals surface area (Å²) in [6.45, 7) is 3.84. The van der Waals surface area contributed by atoms with E-state index in [1.807, 2.05) is 61.7 Å². The molecule has 2 aromatic heterocycles. The summed E-state index contributed by atoms with van der Waals surface area (Å²) in [4.78, 5) is 17.3. The minimum Gasteiger partial charge on any atom is -0.494 e. The molecule has 4 aromatic rings. The maximum absolute atomic E-state index is 12.8. The van der Waals surface area contributed by atoms with Gasteiger partial charge in [-0.1, -0.05) is 29.5 Å². The zero-order chi connectivity index (χ0) is 24.4. The van der Waals surface area contributed by atoms with E-state index in [2.05, 4.69) is 57.0 Å². The zero-order valence-corrected chi connectivity index (χ0v) is 22.3. The molecule has 1 aliphatic rings. The number of hydrogen-bond donors (Lipinski definition) is 1. The summed E-state index contributed by atoms with van der Waals surface area (Å²) >= 11 is 7.01. The van der Waals surface area contributed by atoms with Crippen molar-refractivity contribution in [2.45, 2.75) is 38.9 Å². The topological polar surface area (TPSA) is 86.9 Å². The van der Waals surface area contributed by atoms with Crippen LogP contribution in [-0.2, 0) is 19.5 Å². The van der Waals surface area contributed by atoms with E-state index in [1.165, 1.54) is 0 Å². The number of nitrogens with one attached hydrogen (secondary N) is 1. The van der Waals surface area contributed by atoms with Crippen molar-refractivity contribution in [3.63, 3.8) is 0 Å². The predicted octanol–water partition coefficient (Wildman–Crippen LogP) is 4.86. The van der Waals surface area contributed by atoms with Crippen molar-refractivity contribution in [2.24, 2.45) is 0 Å². The van der Waals surface area contributed by atoms with Crippen molar-refractivity contribution in [1.29, 1.82) is 0 Å². The summed E-state index contributed by atoms with van der Waals surface area (Å²) in [7, 11) is 0. The predicted molar refractivity (Wildman–Crippen MR) is 139 cm³/mol. The molecule has 180 valence electrons. The van der Waals surface area contributed by atoms with Gasteiger partial charge in [0.1, 0.15) is 26.5 Å². The van der Waals surface area contributed by atoms with E-state index in [0.29, 0.717) is 25.3 Å². The Kier molecular flexibility index (Phi) is 7.01. The first-order chi connectivity index (χ1) is 17.0. The number of hydrogen-bond acceptors (Lipinski definition) is 5. The molecular formula is C25H24Br2N6O2. The Bertz CT molecular complexity index is 1350. The fourth-order valence-corrected chi connectivity index (χ4v) is 5.05. The molecule has 8 nitrogen and oxygen atoms in total. The summed E-state index contributed by atoms with van der Waals surface area (Å²) in [5.41, 5.74) is 3.42. The highest BCUT2D eigenvalue weighted by molar-refractivity contribution is 9.13. The van der Waals surface area contributed by atoms with E-state index in [0.717, 1.165) is 50.4 Å². The second-order valence-electron chi connectivity index (χ2n) is 8.39. The Morgan fingerprint density at radius 3 is 2.83 bits per heavy atom. The molecule has 1 amide bonds. The molecule has 0 spiro atoms. The number of carbonyl (C=O) groups excluding carboxylic acids is 1. The van der Waals surface area contributed by atoms with Gasteiger partial charge in [-0.25, -0.2) is 9.67 Å². The van der Waals surface area contributed by atoms with Gasteiger partial charge in [-0.2, -0.15) is 0 Å². The summed E-state index contributed by atoms with van der Waals surface area (Å²) in [5.74, 6) is 1.77. The number of carbonyl (C=O) groups is 1. The fraction of sp³-hybridized carbons (Fsp3) is 0.280. The molecule has 0 fully saturated rings. The molecule has 0 saturated carbocycles. The Balaban J connectivity index is 1.20. The quantitative estimate of drug-likeness (QED) is 0.328. The maximum Gasteiger partial charge on any atom is 0.251 e. The number of imidazole rings is 1. The molecule has 0 radical (unpaired) electrons. The van der Waals surface area contributed by atoms with Gasteiger partial charge in [0.15, 0.2) is 0 Å². The van der Waals surface area contributed by atoms with Crippen molar-refractivity contribution in [1.82, 2.24) is 29.9 Å². The van der Waals surface area contributed by atoms with Crippen molar-refractivity contribution >= 4 is 37.8 Å². The lowest BCUT2D eigenvalue weighted by Crippen LogP contribution is -2.41. The summed E-state index contributed by atoms with van der Waals surface area (Å²) < 4.78 is 11.2. The third-order valence-corrected chi connectivity index (χ3v) is 7.83. The van der Waals surface area contributed by atoms with Gasteiger partial charge in [-0.3, -0.25) is 4.79 Å². The van der Waals surface area contributed by atoms with Crippen LogP contribution in [0.3, 0.4) is 0 Å². The van der Waals surface area contributed by atoms with Crippen LogP contribution in [0.2, 0.25) is 0 Å². The average Bonchev–Trinajstić information content (AvgIpc) is 3.44. The highest BCUT2D eigenvalue weighted by atomic mass is 79.9. The summed E-state index contributed by atoms with van der Waals surface area (Å²) in [6, 6.07) is 15.5. The minimum absolute atomic E-state index is 0.0573. The van der Waals surface area contributed by atoms with Crippen LogP contribution in [0.1, 0.15) is 35.1 Å². The van der Waals surface area contributed by atoms with E-state index in [1.54, 1.807) is 4.68 Å². The molecule has 3 heterocycles. The minimum atomic E-state index is -0.0717. The van der Waals surface area contributed by atoms with Crippen LogP contribution in [0.4, 0.5) is 0 Å². The van der Waals surface area contributed by atoms with Crippen LogP contribution in [0.25, 0.3) is 11.3 Å². The Hall–Kier alpha value is -2.98. The van der Waals surface area contributed by atoms with Gasteiger partial charge in [0, 0.05) is 30.1 Å². The summed E-state index contributed by atoms with van der Waals surface area (Å²) in [5, 5.41) is 11.7. The first-order valence-corrected chi connectivity index (χ1v) is 13.0. The molecule has 1 aliphatic heterocycles. The normalized spacial score (nSPS) is 15.0. The van der Waals surface area contributed by atoms with E-state index < -0.39 is 0 Å². The van der Waals surface area contributed by atoms with Crippen LogP contribution < -0.4 is 10.1 Å². The molecule has 10 heteroatoms. The van der Waals surface area contributed by atoms with Crippen LogP contribution in [-0.4, -0.2) is 43.1 Å². The van der Waals surface area contributed by atoms with Gasteiger partial charge >= 0.3 is 0 Å². The van der Waals surface area contributed by atoms with Gasteiger partial charge < -0.3 is 14.6 Å². The number of fused-ring (bicyclic) bond motifs is 1. The lowest BCUT2D eigenvalue weighted by Gasteiger charge is -2.25. The number of aryl methyl sites for hydroxylation is 1. The zero-order valence-electron chi connectivity index (χ0n) is 19.1. The third-order valence-electron chi connectivity index (χ3n) is 5.94. The number of benzene rings is 2. The number of rotatable bonds is 7. The van der Waals surface area contributed by atoms with Crippen molar-refractivity contribution < 1.29 is 9.53 Å². The lowest BCUT2D eigenvalue weighted by atomic mass is 10.1. The molecule has 1 unspecified atom stereocenters. The molecule has 0 bridgehead atoms. The average molecular weight is 600 g/mol. The SMILES string of the molecule is CCOc1cccc(-c2cn(Cc3ccc(C(=O)NC4CCc5nc(Br)c(Br)n5C4)cc3)nn2)c1. The van der Waals surface area contributed by atoms with Gasteiger partial charge in [0.05, 0.1) is 19.3 Å². The van der Waals surface area contributed by atoms with Crippen LogP contribution in [0.5, 0.6) is 5.75 Å². The monoisotopic (exact) mass is 598 g/mol.